The molecule has 1 aromatic carbocycles. The molecule has 168 valence electrons. The average Bonchev–Trinajstić information content (AvgIpc) is 2.73. The number of unbranched alkanes of at least 4 members (excludes halogenated alkanes) is 3. The summed E-state index contributed by atoms with van der Waals surface area (Å²) in [5.74, 6) is -1.03. The van der Waals surface area contributed by atoms with E-state index in [1.54, 1.807) is 6.07 Å². The molecule has 31 heavy (non-hydrogen) atoms. The van der Waals surface area contributed by atoms with Gasteiger partial charge in [0.05, 0.1) is 11.7 Å². The van der Waals surface area contributed by atoms with E-state index in [1.165, 1.54) is 4.90 Å². The molecule has 0 aliphatic carbocycles. The Kier molecular flexibility index (Phi) is 7.49. The molecule has 1 fully saturated rings. The monoisotopic (exact) mass is 429 g/mol. The number of fused-ring (bicyclic) bond motifs is 1. The number of imide groups is 1. The Morgan fingerprint density at radius 2 is 1.97 bits per heavy atom. The molecule has 0 bridgehead atoms. The van der Waals surface area contributed by atoms with Gasteiger partial charge in [0.2, 0.25) is 11.8 Å². The van der Waals surface area contributed by atoms with Crippen LogP contribution in [0.1, 0.15) is 68.3 Å². The molecule has 2 heterocycles. The lowest BCUT2D eigenvalue weighted by molar-refractivity contribution is -0.137. The molecule has 9 nitrogen and oxygen atoms in total. The minimum Gasteiger partial charge on any atom is -0.365 e. The van der Waals surface area contributed by atoms with E-state index in [-0.39, 0.29) is 37.0 Å². The first-order valence-corrected chi connectivity index (χ1v) is 11.0. The second-order valence-corrected chi connectivity index (χ2v) is 8.05. The fraction of sp³-hybridized carbons (Fsp3) is 0.545. The Morgan fingerprint density at radius 3 is 2.71 bits per heavy atom. The second kappa shape index (κ2) is 10.3. The van der Waals surface area contributed by atoms with E-state index in [9.17, 15) is 19.2 Å². The molecule has 0 spiro atoms. The van der Waals surface area contributed by atoms with Crippen LogP contribution in [0.25, 0.3) is 0 Å². The number of hydrogen-bond acceptors (Lipinski definition) is 5. The van der Waals surface area contributed by atoms with Crippen molar-refractivity contribution in [1.29, 1.82) is 0 Å². The number of hydrogen-bond donors (Lipinski definition) is 4. The Balaban J connectivity index is 1.61. The Hall–Kier alpha value is -3.10. The van der Waals surface area contributed by atoms with Gasteiger partial charge in [0, 0.05) is 25.2 Å². The molecule has 0 radical (unpaired) electrons. The van der Waals surface area contributed by atoms with Crippen LogP contribution >= 0.6 is 0 Å². The minimum atomic E-state index is -0.693. The topological polar surface area (TPSA) is 120 Å². The predicted molar refractivity (Wildman–Crippen MR) is 116 cm³/mol. The lowest BCUT2D eigenvalue weighted by Crippen LogP contribution is -2.60. The summed E-state index contributed by atoms with van der Waals surface area (Å²) in [7, 11) is 0. The van der Waals surface area contributed by atoms with E-state index in [0.717, 1.165) is 31.2 Å². The first kappa shape index (κ1) is 22.6. The lowest BCUT2D eigenvalue weighted by Gasteiger charge is -2.41. The number of benzene rings is 1. The van der Waals surface area contributed by atoms with Crippen molar-refractivity contribution in [3.05, 3.63) is 29.3 Å². The van der Waals surface area contributed by atoms with Gasteiger partial charge in [0.1, 0.15) is 6.04 Å². The summed E-state index contributed by atoms with van der Waals surface area (Å²) in [5.41, 5.74) is 1.92. The predicted octanol–water partition coefficient (Wildman–Crippen LogP) is 2.08. The molecular weight excluding hydrogens is 398 g/mol. The normalized spacial score (nSPS) is 20.6. The Labute approximate surface area is 182 Å². The van der Waals surface area contributed by atoms with Gasteiger partial charge in [-0.25, -0.2) is 4.79 Å². The molecule has 1 aromatic rings. The molecule has 2 aliphatic rings. The number of anilines is 1. The smallest absolute Gasteiger partial charge is 0.315 e. The molecule has 0 aromatic heterocycles. The van der Waals surface area contributed by atoms with E-state index in [2.05, 4.69) is 28.2 Å². The number of rotatable bonds is 8. The molecular formula is C22H31N5O4. The van der Waals surface area contributed by atoms with Crippen molar-refractivity contribution in [2.24, 2.45) is 0 Å². The van der Waals surface area contributed by atoms with Crippen LogP contribution in [0.5, 0.6) is 0 Å². The van der Waals surface area contributed by atoms with Crippen LogP contribution < -0.4 is 21.3 Å². The highest BCUT2D eigenvalue weighted by atomic mass is 16.2. The van der Waals surface area contributed by atoms with Crippen LogP contribution in [0.4, 0.5) is 10.5 Å². The number of piperidine rings is 1. The summed E-state index contributed by atoms with van der Waals surface area (Å²) in [6.45, 7) is 4.88. The van der Waals surface area contributed by atoms with Gasteiger partial charge >= 0.3 is 6.03 Å². The summed E-state index contributed by atoms with van der Waals surface area (Å²) < 4.78 is 0. The number of nitrogens with zero attached hydrogens (tertiary/aromatic N) is 1. The second-order valence-electron chi connectivity index (χ2n) is 8.05. The summed E-state index contributed by atoms with van der Waals surface area (Å²) in [4.78, 5) is 50.4. The third-order valence-electron chi connectivity index (χ3n) is 5.65. The highest BCUT2D eigenvalue weighted by Crippen LogP contribution is 2.29. The number of urea groups is 1. The molecule has 2 aliphatic heterocycles. The van der Waals surface area contributed by atoms with E-state index in [1.807, 2.05) is 19.1 Å². The molecule has 0 saturated carbocycles. The summed E-state index contributed by atoms with van der Waals surface area (Å²) >= 11 is 0. The summed E-state index contributed by atoms with van der Waals surface area (Å²) in [6.07, 6.45) is 4.49. The van der Waals surface area contributed by atoms with Gasteiger partial charge in [0.25, 0.3) is 5.91 Å². The molecule has 2 atom stereocenters. The Morgan fingerprint density at radius 1 is 1.16 bits per heavy atom. The third kappa shape index (κ3) is 5.53. The molecule has 5 amide bonds. The van der Waals surface area contributed by atoms with Crippen LogP contribution in [-0.2, 0) is 16.1 Å². The highest BCUT2D eigenvalue weighted by molar-refractivity contribution is 6.06. The quantitative estimate of drug-likeness (QED) is 0.373. The summed E-state index contributed by atoms with van der Waals surface area (Å²) in [5, 5.41) is 11.2. The van der Waals surface area contributed by atoms with Gasteiger partial charge in [-0.3, -0.25) is 19.7 Å². The van der Waals surface area contributed by atoms with Crippen molar-refractivity contribution in [2.45, 2.75) is 71.1 Å². The van der Waals surface area contributed by atoms with Gasteiger partial charge in [-0.15, -0.1) is 0 Å². The maximum absolute atomic E-state index is 13.2. The van der Waals surface area contributed by atoms with Crippen LogP contribution in [0.15, 0.2) is 18.2 Å². The van der Waals surface area contributed by atoms with Gasteiger partial charge in [-0.1, -0.05) is 32.3 Å². The molecule has 1 saturated heterocycles. The molecule has 3 rings (SSSR count). The van der Waals surface area contributed by atoms with Crippen LogP contribution in [-0.4, -0.2) is 47.4 Å². The van der Waals surface area contributed by atoms with Gasteiger partial charge in [0.15, 0.2) is 0 Å². The van der Waals surface area contributed by atoms with Gasteiger partial charge < -0.3 is 20.9 Å². The SMILES string of the molecule is CCCCCCNC(=O)NCc1ccc2c(c1)C(=O)N(C1CCC(=O)NC1=O)C(C)N2. The van der Waals surface area contributed by atoms with Crippen LogP contribution in [0.3, 0.4) is 0 Å². The number of carbonyl (C=O) groups excluding carboxylic acids is 4. The zero-order chi connectivity index (χ0) is 22.4. The third-order valence-corrected chi connectivity index (χ3v) is 5.65. The van der Waals surface area contributed by atoms with Crippen LogP contribution in [0.2, 0.25) is 0 Å². The molecule has 9 heteroatoms. The Bertz CT molecular complexity index is 856. The van der Waals surface area contributed by atoms with Crippen LogP contribution in [0, 0.1) is 0 Å². The van der Waals surface area contributed by atoms with Gasteiger partial charge in [-0.05, 0) is 37.5 Å². The molecule has 2 unspecified atom stereocenters. The summed E-state index contributed by atoms with van der Waals surface area (Å²) in [6, 6.07) is 4.47. The maximum atomic E-state index is 13.2. The fourth-order valence-corrected chi connectivity index (χ4v) is 3.97. The first-order chi connectivity index (χ1) is 14.9. The zero-order valence-corrected chi connectivity index (χ0v) is 18.1. The largest absolute Gasteiger partial charge is 0.365 e. The highest BCUT2D eigenvalue weighted by Gasteiger charge is 2.40. The molecule has 4 N–H and O–H groups in total. The van der Waals surface area contributed by atoms with E-state index >= 15 is 0 Å². The van der Waals surface area contributed by atoms with Crippen molar-refractivity contribution in [2.75, 3.05) is 11.9 Å². The van der Waals surface area contributed by atoms with E-state index < -0.39 is 11.9 Å². The maximum Gasteiger partial charge on any atom is 0.315 e. The zero-order valence-electron chi connectivity index (χ0n) is 18.1. The van der Waals surface area contributed by atoms with Crippen molar-refractivity contribution in [1.82, 2.24) is 20.9 Å². The van der Waals surface area contributed by atoms with Crippen molar-refractivity contribution in [3.8, 4) is 0 Å². The van der Waals surface area contributed by atoms with E-state index in [0.29, 0.717) is 24.2 Å². The number of amides is 5. The fourth-order valence-electron chi connectivity index (χ4n) is 3.97. The van der Waals surface area contributed by atoms with Crippen molar-refractivity contribution >= 4 is 29.4 Å². The standard InChI is InChI=1S/C22H31N5O4/c1-3-4-5-6-11-23-22(31)24-13-15-7-8-17-16(12-15)21(30)27(14(2)25-17)18-9-10-19(28)26-20(18)29/h7-8,12,14,18,25H,3-6,9-11,13H2,1-2H3,(H2,23,24,31)(H,26,28,29). The van der Waals surface area contributed by atoms with Crippen molar-refractivity contribution in [3.63, 3.8) is 0 Å². The first-order valence-electron chi connectivity index (χ1n) is 11.0. The minimum absolute atomic E-state index is 0.206. The lowest BCUT2D eigenvalue weighted by atomic mass is 9.98. The number of carbonyl (C=O) groups is 4. The van der Waals surface area contributed by atoms with Crippen molar-refractivity contribution < 1.29 is 19.2 Å². The number of nitrogens with one attached hydrogen (secondary N) is 4. The average molecular weight is 430 g/mol. The van der Waals surface area contributed by atoms with E-state index in [4.69, 9.17) is 0 Å². The van der Waals surface area contributed by atoms with Gasteiger partial charge in [-0.2, -0.15) is 0 Å².